The molecule has 2 heterocycles. The summed E-state index contributed by atoms with van der Waals surface area (Å²) in [5, 5.41) is 7.62. The zero-order chi connectivity index (χ0) is 13.2. The Bertz CT molecular complexity index is 553. The third-order valence-electron chi connectivity index (χ3n) is 3.57. The minimum atomic E-state index is 0.129. The van der Waals surface area contributed by atoms with Gasteiger partial charge in [-0.2, -0.15) is 11.3 Å². The highest BCUT2D eigenvalue weighted by Crippen LogP contribution is 2.42. The first-order valence-corrected chi connectivity index (χ1v) is 7.30. The summed E-state index contributed by atoms with van der Waals surface area (Å²) >= 11 is 1.71. The van der Waals surface area contributed by atoms with Gasteiger partial charge in [0.2, 0.25) is 0 Å². The van der Waals surface area contributed by atoms with Crippen molar-refractivity contribution in [1.82, 2.24) is 5.32 Å². The maximum atomic E-state index is 6.12. The molecule has 100 valence electrons. The van der Waals surface area contributed by atoms with Gasteiger partial charge in [-0.1, -0.05) is 0 Å². The van der Waals surface area contributed by atoms with Crippen LogP contribution in [-0.4, -0.2) is 14.2 Å². The lowest BCUT2D eigenvalue weighted by atomic mass is 9.94. The van der Waals surface area contributed by atoms with Crippen LogP contribution in [-0.2, 0) is 0 Å². The predicted octanol–water partition coefficient (Wildman–Crippen LogP) is 3.54. The molecule has 19 heavy (non-hydrogen) atoms. The van der Waals surface area contributed by atoms with Gasteiger partial charge < -0.3 is 14.8 Å². The first kappa shape index (κ1) is 12.5. The predicted molar refractivity (Wildman–Crippen MR) is 77.1 cm³/mol. The van der Waals surface area contributed by atoms with Crippen molar-refractivity contribution in [3.63, 3.8) is 0 Å². The minimum absolute atomic E-state index is 0.129. The van der Waals surface area contributed by atoms with Crippen molar-refractivity contribution in [3.8, 4) is 11.5 Å². The second-order valence-corrected chi connectivity index (χ2v) is 5.42. The second-order valence-electron chi connectivity index (χ2n) is 4.64. The molecule has 2 unspecified atom stereocenters. The van der Waals surface area contributed by atoms with Gasteiger partial charge in [-0.05, 0) is 42.1 Å². The molecule has 1 aromatic heterocycles. The molecule has 3 nitrogen and oxygen atoms in total. The summed E-state index contributed by atoms with van der Waals surface area (Å²) in [4.78, 5) is 0. The monoisotopic (exact) mass is 275 g/mol. The molecular weight excluding hydrogens is 258 g/mol. The molecule has 0 saturated heterocycles. The van der Waals surface area contributed by atoms with E-state index in [4.69, 9.17) is 9.47 Å². The highest BCUT2D eigenvalue weighted by atomic mass is 32.1. The van der Waals surface area contributed by atoms with Crippen molar-refractivity contribution in [2.45, 2.75) is 18.6 Å². The zero-order valence-corrected chi connectivity index (χ0v) is 11.9. The van der Waals surface area contributed by atoms with Gasteiger partial charge in [-0.3, -0.25) is 0 Å². The maximum Gasteiger partial charge on any atom is 0.126 e. The fraction of sp³-hybridized carbons (Fsp3) is 0.333. The third-order valence-corrected chi connectivity index (χ3v) is 4.28. The van der Waals surface area contributed by atoms with Gasteiger partial charge in [0.15, 0.2) is 0 Å². The van der Waals surface area contributed by atoms with E-state index in [0.29, 0.717) is 6.04 Å². The van der Waals surface area contributed by atoms with Crippen molar-refractivity contribution in [3.05, 3.63) is 46.2 Å². The molecule has 0 saturated carbocycles. The largest absolute Gasteiger partial charge is 0.497 e. The van der Waals surface area contributed by atoms with Crippen LogP contribution in [0.2, 0.25) is 0 Å². The molecule has 1 aliphatic rings. The molecule has 3 rings (SSSR count). The Labute approximate surface area is 117 Å². The Hall–Kier alpha value is -1.52. The Morgan fingerprint density at radius 3 is 2.95 bits per heavy atom. The van der Waals surface area contributed by atoms with Gasteiger partial charge in [-0.25, -0.2) is 0 Å². The smallest absolute Gasteiger partial charge is 0.126 e. The lowest BCUT2D eigenvalue weighted by Crippen LogP contribution is -2.26. The van der Waals surface area contributed by atoms with Crippen LogP contribution in [0, 0.1) is 0 Å². The Kier molecular flexibility index (Phi) is 3.44. The molecule has 0 radical (unpaired) electrons. The molecule has 1 aromatic carbocycles. The molecule has 0 amide bonds. The maximum absolute atomic E-state index is 6.12. The fourth-order valence-corrected chi connectivity index (χ4v) is 3.21. The highest BCUT2D eigenvalue weighted by Gasteiger charge is 2.28. The van der Waals surface area contributed by atoms with Crippen LogP contribution in [0.15, 0.2) is 35.0 Å². The summed E-state index contributed by atoms with van der Waals surface area (Å²) < 4.78 is 11.4. The van der Waals surface area contributed by atoms with E-state index in [9.17, 15) is 0 Å². The van der Waals surface area contributed by atoms with Gasteiger partial charge in [0.1, 0.15) is 17.6 Å². The van der Waals surface area contributed by atoms with E-state index in [0.717, 1.165) is 17.9 Å². The van der Waals surface area contributed by atoms with Crippen molar-refractivity contribution < 1.29 is 9.47 Å². The number of rotatable bonds is 3. The van der Waals surface area contributed by atoms with Crippen LogP contribution in [0.3, 0.4) is 0 Å². The number of fused-ring (bicyclic) bond motifs is 1. The van der Waals surface area contributed by atoms with E-state index in [1.807, 2.05) is 19.2 Å². The van der Waals surface area contributed by atoms with E-state index in [2.05, 4.69) is 28.2 Å². The molecule has 4 heteroatoms. The Morgan fingerprint density at radius 2 is 2.26 bits per heavy atom. The van der Waals surface area contributed by atoms with Crippen LogP contribution in [0.4, 0.5) is 0 Å². The quantitative estimate of drug-likeness (QED) is 0.929. The average Bonchev–Trinajstić information content (AvgIpc) is 2.99. The van der Waals surface area contributed by atoms with Gasteiger partial charge >= 0.3 is 0 Å². The number of hydrogen-bond acceptors (Lipinski definition) is 4. The van der Waals surface area contributed by atoms with Crippen molar-refractivity contribution in [2.75, 3.05) is 14.2 Å². The van der Waals surface area contributed by atoms with E-state index < -0.39 is 0 Å². The molecule has 1 N–H and O–H groups in total. The number of thiophene rings is 1. The van der Waals surface area contributed by atoms with Crippen LogP contribution in [0.5, 0.6) is 11.5 Å². The fourth-order valence-electron chi connectivity index (χ4n) is 2.51. The van der Waals surface area contributed by atoms with Gasteiger partial charge in [-0.15, -0.1) is 0 Å². The third kappa shape index (κ3) is 2.33. The Morgan fingerprint density at radius 1 is 1.37 bits per heavy atom. The first-order valence-electron chi connectivity index (χ1n) is 6.35. The summed E-state index contributed by atoms with van der Waals surface area (Å²) in [5.74, 6) is 1.82. The molecule has 0 fully saturated rings. The van der Waals surface area contributed by atoms with Crippen LogP contribution >= 0.6 is 11.3 Å². The minimum Gasteiger partial charge on any atom is -0.497 e. The first-order chi connectivity index (χ1) is 9.31. The van der Waals surface area contributed by atoms with Crippen molar-refractivity contribution >= 4 is 11.3 Å². The summed E-state index contributed by atoms with van der Waals surface area (Å²) in [6.45, 7) is 0. The standard InChI is InChI=1S/C15H17NO2S/c1-16-13-8-15(10-5-6-19-9-10)18-14-4-3-11(17-2)7-12(13)14/h3-7,9,13,15-16H,8H2,1-2H3. The van der Waals surface area contributed by atoms with Crippen LogP contribution < -0.4 is 14.8 Å². The Balaban J connectivity index is 1.95. The second kappa shape index (κ2) is 5.23. The van der Waals surface area contributed by atoms with Crippen LogP contribution in [0.25, 0.3) is 0 Å². The summed E-state index contributed by atoms with van der Waals surface area (Å²) in [5.41, 5.74) is 2.43. The molecule has 0 spiro atoms. The number of ether oxygens (including phenoxy) is 2. The van der Waals surface area contributed by atoms with Gasteiger partial charge in [0.05, 0.1) is 7.11 Å². The van der Waals surface area contributed by atoms with E-state index in [1.54, 1.807) is 18.4 Å². The highest BCUT2D eigenvalue weighted by molar-refractivity contribution is 7.07. The molecule has 0 aliphatic carbocycles. The number of methoxy groups -OCH3 is 1. The summed E-state index contributed by atoms with van der Waals surface area (Å²) in [7, 11) is 3.68. The van der Waals surface area contributed by atoms with Gasteiger partial charge in [0, 0.05) is 23.6 Å². The molecular formula is C15H17NO2S. The molecule has 2 aromatic rings. The normalized spacial score (nSPS) is 21.6. The number of nitrogens with one attached hydrogen (secondary N) is 1. The number of benzene rings is 1. The molecule has 1 aliphatic heterocycles. The number of hydrogen-bond donors (Lipinski definition) is 1. The van der Waals surface area contributed by atoms with Crippen molar-refractivity contribution in [2.24, 2.45) is 0 Å². The topological polar surface area (TPSA) is 30.5 Å². The van der Waals surface area contributed by atoms with E-state index >= 15 is 0 Å². The average molecular weight is 275 g/mol. The summed E-state index contributed by atoms with van der Waals surface area (Å²) in [6, 6.07) is 8.43. The van der Waals surface area contributed by atoms with E-state index in [-0.39, 0.29) is 6.10 Å². The lowest BCUT2D eigenvalue weighted by molar-refractivity contribution is 0.154. The van der Waals surface area contributed by atoms with Gasteiger partial charge in [0.25, 0.3) is 0 Å². The lowest BCUT2D eigenvalue weighted by Gasteiger charge is -2.32. The van der Waals surface area contributed by atoms with E-state index in [1.165, 1.54) is 11.1 Å². The van der Waals surface area contributed by atoms with Crippen LogP contribution in [0.1, 0.15) is 29.7 Å². The molecule has 0 bridgehead atoms. The summed E-state index contributed by atoms with van der Waals surface area (Å²) in [6.07, 6.45) is 1.07. The SMILES string of the molecule is CNC1CC(c2ccsc2)Oc2ccc(OC)cc21. The zero-order valence-electron chi connectivity index (χ0n) is 11.1. The molecule has 2 atom stereocenters. The van der Waals surface area contributed by atoms with Crippen molar-refractivity contribution in [1.29, 1.82) is 0 Å².